The Morgan fingerprint density at radius 1 is 0.972 bits per heavy atom. The smallest absolute Gasteiger partial charge is 0.264 e. The lowest BCUT2D eigenvalue weighted by Crippen LogP contribution is -2.50. The molecule has 3 aromatic rings. The Morgan fingerprint density at radius 2 is 1.61 bits per heavy atom. The summed E-state index contributed by atoms with van der Waals surface area (Å²) in [4.78, 5) is 27.5. The maximum atomic E-state index is 13.7. The van der Waals surface area contributed by atoms with Crippen molar-refractivity contribution in [3.63, 3.8) is 0 Å². The molecule has 10 heteroatoms. The fourth-order valence-corrected chi connectivity index (χ4v) is 5.49. The monoisotopic (exact) mass is 547 g/mol. The minimum atomic E-state index is -4.09. The van der Waals surface area contributed by atoms with E-state index in [9.17, 15) is 18.0 Å². The zero-order valence-corrected chi connectivity index (χ0v) is 22.4. The lowest BCUT2D eigenvalue weighted by atomic mass is 10.1. The Hall–Kier alpha value is -3.07. The number of rotatable bonds is 9. The summed E-state index contributed by atoms with van der Waals surface area (Å²) in [5, 5.41) is 3.30. The van der Waals surface area contributed by atoms with Crippen LogP contribution < -0.4 is 9.62 Å². The van der Waals surface area contributed by atoms with Crippen molar-refractivity contribution < 1.29 is 18.0 Å². The van der Waals surface area contributed by atoms with E-state index in [1.165, 1.54) is 24.1 Å². The van der Waals surface area contributed by atoms with Crippen LogP contribution in [-0.4, -0.2) is 44.8 Å². The van der Waals surface area contributed by atoms with Crippen LogP contribution in [0.5, 0.6) is 0 Å². The van der Waals surface area contributed by atoms with Gasteiger partial charge in [-0.05, 0) is 55.8 Å². The zero-order valence-electron chi connectivity index (χ0n) is 20.1. The van der Waals surface area contributed by atoms with Gasteiger partial charge in [0.15, 0.2) is 0 Å². The number of amides is 2. The van der Waals surface area contributed by atoms with Crippen molar-refractivity contribution in [2.45, 2.75) is 31.3 Å². The third kappa shape index (κ3) is 6.37. The molecule has 0 heterocycles. The van der Waals surface area contributed by atoms with Crippen LogP contribution in [0.1, 0.15) is 18.1 Å². The highest BCUT2D eigenvalue weighted by Gasteiger charge is 2.32. The van der Waals surface area contributed by atoms with Gasteiger partial charge in [-0.15, -0.1) is 0 Å². The van der Waals surface area contributed by atoms with Gasteiger partial charge in [-0.25, -0.2) is 8.42 Å². The van der Waals surface area contributed by atoms with Gasteiger partial charge in [0.2, 0.25) is 11.8 Å². The number of benzene rings is 3. The summed E-state index contributed by atoms with van der Waals surface area (Å²) >= 11 is 12.3. The van der Waals surface area contributed by atoms with Crippen LogP contribution >= 0.6 is 23.2 Å². The maximum Gasteiger partial charge on any atom is 0.264 e. The third-order valence-corrected chi connectivity index (χ3v) is 8.08. The number of carbonyl (C=O) groups is 2. The standard InChI is InChI=1S/C26H27Cl2N3O4S/c1-18-9-13-22(14-10-18)31(36(34,35)23-7-5-4-6-8-23)17-25(32)30(19(2)26(33)29-3)16-20-11-12-21(27)15-24(20)28/h4-15,19H,16-17H2,1-3H3,(H,29,33). The Balaban J connectivity index is 2.03. The number of aryl methyl sites for hydroxylation is 1. The van der Waals surface area contributed by atoms with Gasteiger partial charge in [0.25, 0.3) is 10.0 Å². The molecule has 0 aliphatic carbocycles. The fourth-order valence-electron chi connectivity index (χ4n) is 3.58. The predicted molar refractivity (Wildman–Crippen MR) is 143 cm³/mol. The van der Waals surface area contributed by atoms with E-state index in [2.05, 4.69) is 5.32 Å². The van der Waals surface area contributed by atoms with Gasteiger partial charge in [-0.3, -0.25) is 13.9 Å². The summed E-state index contributed by atoms with van der Waals surface area (Å²) in [6.07, 6.45) is 0. The summed E-state index contributed by atoms with van der Waals surface area (Å²) in [6, 6.07) is 18.7. The van der Waals surface area contributed by atoms with E-state index < -0.39 is 34.4 Å². The molecule has 1 unspecified atom stereocenters. The number of likely N-dealkylation sites (N-methyl/N-ethyl adjacent to an activating group) is 1. The molecule has 0 radical (unpaired) electrons. The molecular weight excluding hydrogens is 521 g/mol. The van der Waals surface area contributed by atoms with E-state index in [1.807, 2.05) is 6.92 Å². The molecule has 36 heavy (non-hydrogen) atoms. The van der Waals surface area contributed by atoms with Crippen LogP contribution in [0.15, 0.2) is 77.7 Å². The van der Waals surface area contributed by atoms with Crippen LogP contribution in [0.4, 0.5) is 5.69 Å². The Bertz CT molecular complexity index is 1330. The molecule has 0 saturated heterocycles. The van der Waals surface area contributed by atoms with E-state index in [1.54, 1.807) is 67.6 Å². The Morgan fingerprint density at radius 3 is 2.19 bits per heavy atom. The maximum absolute atomic E-state index is 13.7. The second-order valence-electron chi connectivity index (χ2n) is 8.21. The fraction of sp³-hybridized carbons (Fsp3) is 0.231. The molecule has 0 aliphatic heterocycles. The Kier molecular flexibility index (Phi) is 9.00. The van der Waals surface area contributed by atoms with E-state index in [0.717, 1.165) is 9.87 Å². The first kappa shape index (κ1) is 27.5. The number of halogens is 2. The molecule has 3 rings (SSSR count). The molecule has 3 aromatic carbocycles. The van der Waals surface area contributed by atoms with Crippen molar-refractivity contribution in [2.24, 2.45) is 0 Å². The average Bonchev–Trinajstić information content (AvgIpc) is 2.87. The summed E-state index contributed by atoms with van der Waals surface area (Å²) in [6.45, 7) is 2.92. The largest absolute Gasteiger partial charge is 0.357 e. The molecule has 0 saturated carbocycles. The Labute approximate surface area is 221 Å². The minimum absolute atomic E-state index is 0.0173. The summed E-state index contributed by atoms with van der Waals surface area (Å²) < 4.78 is 28.3. The molecule has 1 atom stereocenters. The first-order valence-electron chi connectivity index (χ1n) is 11.1. The first-order chi connectivity index (χ1) is 17.0. The van der Waals surface area contributed by atoms with Gasteiger partial charge in [0.1, 0.15) is 12.6 Å². The minimum Gasteiger partial charge on any atom is -0.357 e. The van der Waals surface area contributed by atoms with Gasteiger partial charge in [-0.1, -0.05) is 65.2 Å². The van der Waals surface area contributed by atoms with E-state index >= 15 is 0 Å². The van der Waals surface area contributed by atoms with Gasteiger partial charge in [0.05, 0.1) is 10.6 Å². The second kappa shape index (κ2) is 11.8. The van der Waals surface area contributed by atoms with E-state index in [4.69, 9.17) is 23.2 Å². The molecule has 0 fully saturated rings. The van der Waals surface area contributed by atoms with Gasteiger partial charge >= 0.3 is 0 Å². The molecule has 1 N–H and O–H groups in total. The summed E-state index contributed by atoms with van der Waals surface area (Å²) in [5.74, 6) is -0.974. The van der Waals surface area contributed by atoms with Crippen molar-refractivity contribution in [1.82, 2.24) is 10.2 Å². The molecule has 2 amide bonds. The van der Waals surface area contributed by atoms with Crippen molar-refractivity contribution in [2.75, 3.05) is 17.9 Å². The van der Waals surface area contributed by atoms with Crippen molar-refractivity contribution >= 4 is 50.7 Å². The van der Waals surface area contributed by atoms with E-state index in [0.29, 0.717) is 21.3 Å². The second-order valence-corrected chi connectivity index (χ2v) is 10.9. The SMILES string of the molecule is CNC(=O)C(C)N(Cc1ccc(Cl)cc1Cl)C(=O)CN(c1ccc(C)cc1)S(=O)(=O)c1ccccc1. The van der Waals surface area contributed by atoms with Gasteiger partial charge in [0, 0.05) is 23.6 Å². The zero-order chi connectivity index (χ0) is 26.5. The number of nitrogens with one attached hydrogen (secondary N) is 1. The van der Waals surface area contributed by atoms with Gasteiger partial charge in [-0.2, -0.15) is 0 Å². The third-order valence-electron chi connectivity index (χ3n) is 5.70. The highest BCUT2D eigenvalue weighted by Crippen LogP contribution is 2.26. The lowest BCUT2D eigenvalue weighted by Gasteiger charge is -2.32. The molecule has 0 aliphatic rings. The van der Waals surface area contributed by atoms with Gasteiger partial charge < -0.3 is 10.2 Å². The quantitative estimate of drug-likeness (QED) is 0.422. The number of anilines is 1. The summed E-state index contributed by atoms with van der Waals surface area (Å²) in [7, 11) is -2.62. The number of carbonyl (C=O) groups excluding carboxylic acids is 2. The average molecular weight is 548 g/mol. The van der Waals surface area contributed by atoms with Crippen LogP contribution in [0.2, 0.25) is 10.0 Å². The van der Waals surface area contributed by atoms with E-state index in [-0.39, 0.29) is 11.4 Å². The highest BCUT2D eigenvalue weighted by molar-refractivity contribution is 7.92. The molecule has 0 bridgehead atoms. The predicted octanol–water partition coefficient (Wildman–Crippen LogP) is 4.66. The van der Waals surface area contributed by atoms with Crippen molar-refractivity contribution in [3.05, 3.63) is 94.0 Å². The van der Waals surface area contributed by atoms with Crippen LogP contribution in [0.3, 0.4) is 0 Å². The van der Waals surface area contributed by atoms with Crippen molar-refractivity contribution in [1.29, 1.82) is 0 Å². The van der Waals surface area contributed by atoms with Crippen molar-refractivity contribution in [3.8, 4) is 0 Å². The first-order valence-corrected chi connectivity index (χ1v) is 13.3. The topological polar surface area (TPSA) is 86.8 Å². The molecular formula is C26H27Cl2N3O4S. The molecule has 190 valence electrons. The number of nitrogens with zero attached hydrogens (tertiary/aromatic N) is 2. The highest BCUT2D eigenvalue weighted by atomic mass is 35.5. The molecule has 7 nitrogen and oxygen atoms in total. The number of sulfonamides is 1. The molecule has 0 spiro atoms. The van der Waals surface area contributed by atoms with Crippen LogP contribution in [0, 0.1) is 6.92 Å². The lowest BCUT2D eigenvalue weighted by molar-refractivity contribution is -0.139. The normalized spacial score (nSPS) is 12.0. The summed E-state index contributed by atoms with van der Waals surface area (Å²) in [5.41, 5.74) is 1.84. The molecule has 0 aromatic heterocycles. The number of hydrogen-bond acceptors (Lipinski definition) is 4. The number of hydrogen-bond donors (Lipinski definition) is 1. The van der Waals surface area contributed by atoms with Crippen LogP contribution in [-0.2, 0) is 26.2 Å². The van der Waals surface area contributed by atoms with Crippen LogP contribution in [0.25, 0.3) is 0 Å².